The van der Waals surface area contributed by atoms with Gasteiger partial charge in [-0.05, 0) is 52.2 Å². The summed E-state index contributed by atoms with van der Waals surface area (Å²) in [5.41, 5.74) is 1.47. The topological polar surface area (TPSA) is 97.6 Å². The summed E-state index contributed by atoms with van der Waals surface area (Å²) >= 11 is 0. The molecule has 8 nitrogen and oxygen atoms in total. The summed E-state index contributed by atoms with van der Waals surface area (Å²) in [5.74, 6) is 0.294. The molecule has 0 aliphatic carbocycles. The van der Waals surface area contributed by atoms with Crippen molar-refractivity contribution in [2.45, 2.75) is 59.6 Å². The first-order chi connectivity index (χ1) is 13.7. The van der Waals surface area contributed by atoms with Gasteiger partial charge in [0.15, 0.2) is 0 Å². The Kier molecular flexibility index (Phi) is 7.75. The Hall–Kier alpha value is -2.90. The Morgan fingerprint density at radius 2 is 2.07 bits per heavy atom. The zero-order chi connectivity index (χ0) is 21.4. The van der Waals surface area contributed by atoms with Gasteiger partial charge in [-0.3, -0.25) is 9.78 Å². The summed E-state index contributed by atoms with van der Waals surface area (Å²) in [6.07, 6.45) is 4.22. The van der Waals surface area contributed by atoms with Crippen molar-refractivity contribution in [2.75, 3.05) is 13.1 Å². The lowest BCUT2D eigenvalue weighted by molar-refractivity contribution is 0.0232. The number of pyridine rings is 1. The van der Waals surface area contributed by atoms with E-state index in [0.717, 1.165) is 5.56 Å². The van der Waals surface area contributed by atoms with Gasteiger partial charge in [0.25, 0.3) is 5.91 Å². The molecule has 2 heterocycles. The molecule has 0 unspecified atom stereocenters. The van der Waals surface area contributed by atoms with E-state index in [0.29, 0.717) is 49.5 Å². The number of ether oxygens (including phenoxy) is 1. The van der Waals surface area contributed by atoms with Crippen molar-refractivity contribution in [1.29, 1.82) is 0 Å². The van der Waals surface area contributed by atoms with Crippen molar-refractivity contribution < 1.29 is 18.8 Å². The zero-order valence-corrected chi connectivity index (χ0v) is 17.8. The molecule has 2 rings (SSSR count). The molecule has 0 atom stereocenters. The first-order valence-electron chi connectivity index (χ1n) is 9.81. The van der Waals surface area contributed by atoms with E-state index in [9.17, 15) is 9.59 Å². The fourth-order valence-electron chi connectivity index (χ4n) is 2.78. The van der Waals surface area contributed by atoms with Crippen molar-refractivity contribution in [3.63, 3.8) is 0 Å². The zero-order valence-electron chi connectivity index (χ0n) is 17.8. The SMILES string of the molecule is CCc1noc(C)c1C(=O)NCCCN(Cc1cccnc1)C(=O)OC(C)(C)C. The molecule has 0 aliphatic rings. The Balaban J connectivity index is 1.93. The number of hydrogen-bond acceptors (Lipinski definition) is 6. The summed E-state index contributed by atoms with van der Waals surface area (Å²) in [5, 5.41) is 6.78. The van der Waals surface area contributed by atoms with Crippen LogP contribution >= 0.6 is 0 Å². The van der Waals surface area contributed by atoms with Crippen LogP contribution in [0, 0.1) is 6.92 Å². The Morgan fingerprint density at radius 3 is 2.69 bits per heavy atom. The van der Waals surface area contributed by atoms with Gasteiger partial charge in [-0.1, -0.05) is 18.1 Å². The third-order valence-corrected chi connectivity index (χ3v) is 4.13. The van der Waals surface area contributed by atoms with Crippen LogP contribution in [-0.4, -0.2) is 45.7 Å². The summed E-state index contributed by atoms with van der Waals surface area (Å²) in [6.45, 7) is 10.4. The van der Waals surface area contributed by atoms with E-state index < -0.39 is 11.7 Å². The largest absolute Gasteiger partial charge is 0.444 e. The monoisotopic (exact) mass is 402 g/mol. The molecule has 2 amide bonds. The van der Waals surface area contributed by atoms with Crippen molar-refractivity contribution in [1.82, 2.24) is 20.4 Å². The van der Waals surface area contributed by atoms with Gasteiger partial charge in [0.1, 0.15) is 16.9 Å². The number of aromatic nitrogens is 2. The van der Waals surface area contributed by atoms with E-state index in [4.69, 9.17) is 9.26 Å². The molecule has 158 valence electrons. The van der Waals surface area contributed by atoms with E-state index in [-0.39, 0.29) is 5.91 Å². The molecule has 2 aromatic rings. The van der Waals surface area contributed by atoms with Crippen LogP contribution in [0.4, 0.5) is 4.79 Å². The summed E-state index contributed by atoms with van der Waals surface area (Å²) < 4.78 is 10.6. The first-order valence-corrected chi connectivity index (χ1v) is 9.81. The smallest absolute Gasteiger partial charge is 0.410 e. The molecule has 0 saturated heterocycles. The highest BCUT2D eigenvalue weighted by molar-refractivity contribution is 5.96. The summed E-state index contributed by atoms with van der Waals surface area (Å²) in [6, 6.07) is 3.74. The molecule has 29 heavy (non-hydrogen) atoms. The molecule has 0 saturated carbocycles. The molecule has 2 aromatic heterocycles. The van der Waals surface area contributed by atoms with Gasteiger partial charge in [-0.15, -0.1) is 0 Å². The van der Waals surface area contributed by atoms with Crippen LogP contribution in [0.2, 0.25) is 0 Å². The molecule has 1 N–H and O–H groups in total. The van der Waals surface area contributed by atoms with Crippen LogP contribution in [0.1, 0.15) is 61.5 Å². The van der Waals surface area contributed by atoms with E-state index in [1.165, 1.54) is 0 Å². The number of hydrogen-bond donors (Lipinski definition) is 1. The quantitative estimate of drug-likeness (QED) is 0.679. The third kappa shape index (κ3) is 6.89. The molecule has 0 aromatic carbocycles. The fourth-order valence-corrected chi connectivity index (χ4v) is 2.78. The maximum Gasteiger partial charge on any atom is 0.410 e. The van der Waals surface area contributed by atoms with Gasteiger partial charge < -0.3 is 19.5 Å². The predicted octanol–water partition coefficient (Wildman–Crippen LogP) is 3.50. The Morgan fingerprint density at radius 1 is 1.31 bits per heavy atom. The van der Waals surface area contributed by atoms with E-state index in [2.05, 4.69) is 15.5 Å². The second kappa shape index (κ2) is 10.0. The van der Waals surface area contributed by atoms with Crippen molar-refractivity contribution in [3.8, 4) is 0 Å². The molecule has 8 heteroatoms. The van der Waals surface area contributed by atoms with Crippen LogP contribution in [0.3, 0.4) is 0 Å². The predicted molar refractivity (Wildman–Crippen MR) is 108 cm³/mol. The van der Waals surface area contributed by atoms with Gasteiger partial charge in [0.05, 0.1) is 12.2 Å². The lowest BCUT2D eigenvalue weighted by atomic mass is 10.1. The molecule has 0 fully saturated rings. The fraction of sp³-hybridized carbons (Fsp3) is 0.524. The van der Waals surface area contributed by atoms with Gasteiger partial charge >= 0.3 is 6.09 Å². The van der Waals surface area contributed by atoms with Crippen LogP contribution in [0.5, 0.6) is 0 Å². The minimum Gasteiger partial charge on any atom is -0.444 e. The highest BCUT2D eigenvalue weighted by atomic mass is 16.6. The number of amides is 2. The highest BCUT2D eigenvalue weighted by Gasteiger charge is 2.23. The minimum absolute atomic E-state index is 0.211. The molecule has 0 radical (unpaired) electrons. The van der Waals surface area contributed by atoms with Gasteiger partial charge in [-0.25, -0.2) is 4.79 Å². The lowest BCUT2D eigenvalue weighted by Gasteiger charge is -2.27. The summed E-state index contributed by atoms with van der Waals surface area (Å²) in [4.78, 5) is 30.7. The van der Waals surface area contributed by atoms with Crippen molar-refractivity contribution in [3.05, 3.63) is 47.1 Å². The number of carbonyl (C=O) groups excluding carboxylic acids is 2. The number of nitrogens with zero attached hydrogens (tertiary/aromatic N) is 3. The van der Waals surface area contributed by atoms with Gasteiger partial charge in [0, 0.05) is 25.5 Å². The van der Waals surface area contributed by atoms with Crippen LogP contribution in [0.15, 0.2) is 29.0 Å². The highest BCUT2D eigenvalue weighted by Crippen LogP contribution is 2.14. The van der Waals surface area contributed by atoms with Gasteiger partial charge in [-0.2, -0.15) is 0 Å². The molecular weight excluding hydrogens is 372 g/mol. The summed E-state index contributed by atoms with van der Waals surface area (Å²) in [7, 11) is 0. The Bertz CT molecular complexity index is 812. The standard InChI is InChI=1S/C21H30N4O4/c1-6-17-18(15(2)29-24-17)19(26)23-11-8-12-25(20(27)28-21(3,4)5)14-16-9-7-10-22-13-16/h7,9-10,13H,6,8,11-12,14H2,1-5H3,(H,23,26). The number of carbonyl (C=O) groups is 2. The number of aryl methyl sites for hydroxylation is 2. The minimum atomic E-state index is -0.582. The van der Waals surface area contributed by atoms with E-state index in [1.807, 2.05) is 39.8 Å². The molecular formula is C21H30N4O4. The van der Waals surface area contributed by atoms with Crippen molar-refractivity contribution >= 4 is 12.0 Å². The number of nitrogens with one attached hydrogen (secondary N) is 1. The molecule has 0 bridgehead atoms. The van der Waals surface area contributed by atoms with Crippen molar-refractivity contribution in [2.24, 2.45) is 0 Å². The van der Waals surface area contributed by atoms with Gasteiger partial charge in [0.2, 0.25) is 0 Å². The second-order valence-electron chi connectivity index (χ2n) is 7.79. The number of rotatable bonds is 8. The van der Waals surface area contributed by atoms with Crippen LogP contribution < -0.4 is 5.32 Å². The maximum absolute atomic E-state index is 12.6. The second-order valence-corrected chi connectivity index (χ2v) is 7.79. The molecule has 0 aliphatic heterocycles. The van der Waals surface area contributed by atoms with Crippen LogP contribution in [0.25, 0.3) is 0 Å². The Labute approximate surface area is 171 Å². The normalized spacial score (nSPS) is 11.2. The molecule has 0 spiro atoms. The first kappa shape index (κ1) is 22.4. The third-order valence-electron chi connectivity index (χ3n) is 4.13. The van der Waals surface area contributed by atoms with E-state index >= 15 is 0 Å². The lowest BCUT2D eigenvalue weighted by Crippen LogP contribution is -2.38. The van der Waals surface area contributed by atoms with Crippen LogP contribution in [-0.2, 0) is 17.7 Å². The maximum atomic E-state index is 12.6. The van der Waals surface area contributed by atoms with E-state index in [1.54, 1.807) is 24.2 Å². The average Bonchev–Trinajstić information content (AvgIpc) is 3.04. The average molecular weight is 402 g/mol.